The molecule has 0 aromatic carbocycles. The standard InChI is InChI=1S/C12H16N4O/c1-8-12(9(2)16(3)15-8)17-11-5-4-10(6-13)14-7-11/h4-5,7H,6,13H2,1-3H3. The molecule has 0 aliphatic rings. The SMILES string of the molecule is Cc1nn(C)c(C)c1Oc1ccc(CN)nc1. The van der Waals surface area contributed by atoms with Crippen molar-refractivity contribution in [1.29, 1.82) is 0 Å². The van der Waals surface area contributed by atoms with Gasteiger partial charge < -0.3 is 10.5 Å². The van der Waals surface area contributed by atoms with Gasteiger partial charge in [-0.15, -0.1) is 0 Å². The van der Waals surface area contributed by atoms with Crippen molar-refractivity contribution in [1.82, 2.24) is 14.8 Å². The highest BCUT2D eigenvalue weighted by atomic mass is 16.5. The molecule has 0 aliphatic heterocycles. The third kappa shape index (κ3) is 2.29. The van der Waals surface area contributed by atoms with Gasteiger partial charge in [0.2, 0.25) is 0 Å². The maximum Gasteiger partial charge on any atom is 0.171 e. The van der Waals surface area contributed by atoms with Crippen LogP contribution in [0.4, 0.5) is 0 Å². The fourth-order valence-corrected chi connectivity index (χ4v) is 1.61. The molecule has 2 rings (SSSR count). The normalized spacial score (nSPS) is 10.6. The zero-order valence-corrected chi connectivity index (χ0v) is 10.3. The molecule has 0 saturated heterocycles. The van der Waals surface area contributed by atoms with E-state index < -0.39 is 0 Å². The van der Waals surface area contributed by atoms with Crippen molar-refractivity contribution in [3.05, 3.63) is 35.4 Å². The second kappa shape index (κ2) is 4.55. The van der Waals surface area contributed by atoms with Gasteiger partial charge in [-0.05, 0) is 26.0 Å². The van der Waals surface area contributed by atoms with Crippen molar-refractivity contribution in [2.75, 3.05) is 0 Å². The fraction of sp³-hybridized carbons (Fsp3) is 0.333. The smallest absolute Gasteiger partial charge is 0.171 e. The molecule has 0 saturated carbocycles. The fourth-order valence-electron chi connectivity index (χ4n) is 1.61. The van der Waals surface area contributed by atoms with Crippen LogP contribution in [-0.4, -0.2) is 14.8 Å². The van der Waals surface area contributed by atoms with Gasteiger partial charge in [-0.25, -0.2) is 0 Å². The van der Waals surface area contributed by atoms with Gasteiger partial charge in [-0.3, -0.25) is 9.67 Å². The van der Waals surface area contributed by atoms with Crippen LogP contribution in [0.15, 0.2) is 18.3 Å². The topological polar surface area (TPSA) is 66.0 Å². The Hall–Kier alpha value is -1.88. The quantitative estimate of drug-likeness (QED) is 0.874. The lowest BCUT2D eigenvalue weighted by Crippen LogP contribution is -1.99. The molecule has 2 aromatic rings. The van der Waals surface area contributed by atoms with Crippen molar-refractivity contribution in [2.24, 2.45) is 12.8 Å². The van der Waals surface area contributed by atoms with Crippen LogP contribution in [0.1, 0.15) is 17.1 Å². The Kier molecular flexibility index (Phi) is 3.10. The highest BCUT2D eigenvalue weighted by Gasteiger charge is 2.11. The van der Waals surface area contributed by atoms with E-state index in [4.69, 9.17) is 10.5 Å². The molecule has 2 aromatic heterocycles. The molecule has 0 fully saturated rings. The van der Waals surface area contributed by atoms with E-state index in [0.717, 1.165) is 22.8 Å². The van der Waals surface area contributed by atoms with E-state index in [0.29, 0.717) is 12.3 Å². The second-order valence-corrected chi connectivity index (χ2v) is 3.91. The number of rotatable bonds is 3. The predicted octanol–water partition coefficient (Wildman–Crippen LogP) is 1.68. The van der Waals surface area contributed by atoms with Gasteiger partial charge in [0.25, 0.3) is 0 Å². The summed E-state index contributed by atoms with van der Waals surface area (Å²) in [5.74, 6) is 1.48. The molecule has 0 bridgehead atoms. The molecular weight excluding hydrogens is 216 g/mol. The van der Waals surface area contributed by atoms with Gasteiger partial charge >= 0.3 is 0 Å². The number of ether oxygens (including phenoxy) is 1. The summed E-state index contributed by atoms with van der Waals surface area (Å²) in [6, 6.07) is 3.72. The van der Waals surface area contributed by atoms with Crippen LogP contribution in [0.5, 0.6) is 11.5 Å². The first-order valence-corrected chi connectivity index (χ1v) is 5.45. The Labute approximate surface area is 100 Å². The van der Waals surface area contributed by atoms with E-state index in [9.17, 15) is 0 Å². The summed E-state index contributed by atoms with van der Waals surface area (Å²) in [5.41, 5.74) is 8.19. The van der Waals surface area contributed by atoms with Gasteiger partial charge in [0.05, 0.1) is 17.6 Å². The molecule has 0 amide bonds. The molecule has 0 radical (unpaired) electrons. The zero-order valence-electron chi connectivity index (χ0n) is 10.3. The summed E-state index contributed by atoms with van der Waals surface area (Å²) in [5, 5.41) is 4.29. The lowest BCUT2D eigenvalue weighted by molar-refractivity contribution is 0.471. The molecule has 90 valence electrons. The average molecular weight is 232 g/mol. The minimum absolute atomic E-state index is 0.436. The van der Waals surface area contributed by atoms with Crippen LogP contribution in [0, 0.1) is 13.8 Å². The Morgan fingerprint density at radius 1 is 1.35 bits per heavy atom. The minimum atomic E-state index is 0.436. The van der Waals surface area contributed by atoms with E-state index in [1.54, 1.807) is 10.9 Å². The van der Waals surface area contributed by atoms with E-state index in [1.807, 2.05) is 33.0 Å². The van der Waals surface area contributed by atoms with Gasteiger partial charge in [0.15, 0.2) is 5.75 Å². The van der Waals surface area contributed by atoms with Crippen LogP contribution in [0.2, 0.25) is 0 Å². The summed E-state index contributed by atoms with van der Waals surface area (Å²) in [7, 11) is 1.89. The van der Waals surface area contributed by atoms with Gasteiger partial charge in [-0.1, -0.05) is 0 Å². The van der Waals surface area contributed by atoms with Crippen molar-refractivity contribution in [2.45, 2.75) is 20.4 Å². The maximum atomic E-state index is 5.77. The second-order valence-electron chi connectivity index (χ2n) is 3.91. The largest absolute Gasteiger partial charge is 0.452 e. The molecule has 5 nitrogen and oxygen atoms in total. The molecule has 0 unspecified atom stereocenters. The van der Waals surface area contributed by atoms with Gasteiger partial charge in [0, 0.05) is 13.6 Å². The van der Waals surface area contributed by atoms with E-state index in [2.05, 4.69) is 10.1 Å². The molecule has 0 atom stereocenters. The average Bonchev–Trinajstić information content (AvgIpc) is 2.57. The summed E-state index contributed by atoms with van der Waals surface area (Å²) >= 11 is 0. The highest BCUT2D eigenvalue weighted by Crippen LogP contribution is 2.27. The van der Waals surface area contributed by atoms with Crippen molar-refractivity contribution in [3.63, 3.8) is 0 Å². The van der Waals surface area contributed by atoms with Gasteiger partial charge in [0.1, 0.15) is 11.4 Å². The van der Waals surface area contributed by atoms with E-state index in [-0.39, 0.29) is 0 Å². The molecule has 2 heterocycles. The number of nitrogens with two attached hydrogens (primary N) is 1. The van der Waals surface area contributed by atoms with Crippen LogP contribution in [0.3, 0.4) is 0 Å². The molecular formula is C12H16N4O. The maximum absolute atomic E-state index is 5.77. The number of hydrogen-bond donors (Lipinski definition) is 1. The molecule has 0 aliphatic carbocycles. The monoisotopic (exact) mass is 232 g/mol. The van der Waals surface area contributed by atoms with Crippen molar-refractivity contribution in [3.8, 4) is 11.5 Å². The van der Waals surface area contributed by atoms with Crippen LogP contribution in [0.25, 0.3) is 0 Å². The minimum Gasteiger partial charge on any atom is -0.452 e. The summed E-state index contributed by atoms with van der Waals surface area (Å²) < 4.78 is 7.57. The summed E-state index contributed by atoms with van der Waals surface area (Å²) in [4.78, 5) is 4.18. The number of hydrogen-bond acceptors (Lipinski definition) is 4. The Morgan fingerprint density at radius 3 is 2.59 bits per heavy atom. The Morgan fingerprint density at radius 2 is 2.12 bits per heavy atom. The van der Waals surface area contributed by atoms with Crippen LogP contribution >= 0.6 is 0 Å². The molecule has 2 N–H and O–H groups in total. The number of aromatic nitrogens is 3. The lowest BCUT2D eigenvalue weighted by Gasteiger charge is -2.06. The number of aryl methyl sites for hydroxylation is 2. The van der Waals surface area contributed by atoms with E-state index >= 15 is 0 Å². The first-order valence-electron chi connectivity index (χ1n) is 5.45. The van der Waals surface area contributed by atoms with Crippen molar-refractivity contribution < 1.29 is 4.74 Å². The summed E-state index contributed by atoms with van der Waals surface area (Å²) in [6.45, 7) is 4.33. The third-order valence-electron chi connectivity index (χ3n) is 2.67. The number of nitrogens with zero attached hydrogens (tertiary/aromatic N) is 3. The Bertz CT molecular complexity index is 516. The number of pyridine rings is 1. The van der Waals surface area contributed by atoms with Gasteiger partial charge in [-0.2, -0.15) is 5.10 Å². The molecule has 17 heavy (non-hydrogen) atoms. The third-order valence-corrected chi connectivity index (χ3v) is 2.67. The molecule has 0 spiro atoms. The molecule has 5 heteroatoms. The van der Waals surface area contributed by atoms with E-state index in [1.165, 1.54) is 0 Å². The first-order chi connectivity index (χ1) is 8.11. The predicted molar refractivity (Wildman–Crippen MR) is 64.9 cm³/mol. The first kappa shape index (κ1) is 11.6. The van der Waals surface area contributed by atoms with Crippen molar-refractivity contribution >= 4 is 0 Å². The lowest BCUT2D eigenvalue weighted by atomic mass is 10.3. The zero-order chi connectivity index (χ0) is 12.4. The highest BCUT2D eigenvalue weighted by molar-refractivity contribution is 5.36. The Balaban J connectivity index is 2.25. The van der Waals surface area contributed by atoms with Crippen LogP contribution < -0.4 is 10.5 Å². The summed E-state index contributed by atoms with van der Waals surface area (Å²) in [6.07, 6.45) is 1.67. The van der Waals surface area contributed by atoms with Crippen LogP contribution in [-0.2, 0) is 13.6 Å².